The summed E-state index contributed by atoms with van der Waals surface area (Å²) in [6.07, 6.45) is 12.1. The minimum Gasteiger partial charge on any atom is -0.512 e. The van der Waals surface area contributed by atoms with E-state index in [-0.39, 0.29) is 5.41 Å². The van der Waals surface area contributed by atoms with Gasteiger partial charge < -0.3 is 14.9 Å². The molecule has 220 valence electrons. The summed E-state index contributed by atoms with van der Waals surface area (Å²) in [6.45, 7) is 13.6. The molecule has 2 atom stereocenters. The third-order valence-corrected chi connectivity index (χ3v) is 10.3. The van der Waals surface area contributed by atoms with Crippen molar-refractivity contribution in [3.8, 4) is 0 Å². The van der Waals surface area contributed by atoms with Crippen LogP contribution < -0.4 is 0 Å². The molecule has 1 aromatic carbocycles. The number of aliphatic hydroxyl groups excluding tert-OH is 1. The second kappa shape index (κ2) is 12.1. The molecular weight excluding hydrogens is 508 g/mol. The molecule has 6 rings (SSSR count). The summed E-state index contributed by atoms with van der Waals surface area (Å²) in [7, 11) is 2.02. The summed E-state index contributed by atoms with van der Waals surface area (Å²) in [5, 5.41) is 20.1. The first-order valence-corrected chi connectivity index (χ1v) is 15.8. The predicted octanol–water partition coefficient (Wildman–Crippen LogP) is 5.75. The van der Waals surface area contributed by atoms with Gasteiger partial charge in [0.25, 0.3) is 0 Å². The molecule has 7 heteroatoms. The second-order valence-corrected chi connectivity index (χ2v) is 13.1. The van der Waals surface area contributed by atoms with Crippen LogP contribution in [0.25, 0.3) is 0 Å². The van der Waals surface area contributed by atoms with Crippen LogP contribution in [-0.2, 0) is 20.0 Å². The van der Waals surface area contributed by atoms with Crippen molar-refractivity contribution < 1.29 is 5.11 Å². The van der Waals surface area contributed by atoms with Gasteiger partial charge in [0.15, 0.2) is 0 Å². The quantitative estimate of drug-likeness (QED) is 0.322. The van der Waals surface area contributed by atoms with Crippen molar-refractivity contribution in [1.29, 1.82) is 0 Å². The van der Waals surface area contributed by atoms with Crippen molar-refractivity contribution in [3.05, 3.63) is 83.6 Å². The molecule has 1 N–H and O–H groups in total. The van der Waals surface area contributed by atoms with Crippen molar-refractivity contribution in [2.24, 2.45) is 18.4 Å². The van der Waals surface area contributed by atoms with Gasteiger partial charge >= 0.3 is 0 Å². The lowest BCUT2D eigenvalue weighted by atomic mass is 9.84. The number of rotatable bonds is 10. The number of benzene rings is 1. The Labute approximate surface area is 245 Å². The molecule has 0 spiro atoms. The van der Waals surface area contributed by atoms with E-state index in [1.165, 1.54) is 48.2 Å². The Bertz CT molecular complexity index is 1300. The lowest BCUT2D eigenvalue weighted by Gasteiger charge is -2.35. The smallest absolute Gasteiger partial charge is 0.0925 e. The maximum absolute atomic E-state index is 10.6. The zero-order valence-electron chi connectivity index (χ0n) is 25.1. The van der Waals surface area contributed by atoms with Crippen LogP contribution >= 0.6 is 0 Å². The summed E-state index contributed by atoms with van der Waals surface area (Å²) in [5.41, 5.74) is 5.17. The number of aliphatic hydroxyl groups is 1. The first kappa shape index (κ1) is 28.2. The van der Waals surface area contributed by atoms with Crippen LogP contribution in [0.2, 0.25) is 0 Å². The van der Waals surface area contributed by atoms with Crippen molar-refractivity contribution in [3.63, 3.8) is 0 Å². The van der Waals surface area contributed by atoms with Crippen LogP contribution in [0.1, 0.15) is 79.8 Å². The number of aryl methyl sites for hydroxylation is 2. The Morgan fingerprint density at radius 2 is 1.83 bits per heavy atom. The van der Waals surface area contributed by atoms with Gasteiger partial charge in [-0.15, -0.1) is 0 Å². The van der Waals surface area contributed by atoms with Crippen LogP contribution in [-0.4, -0.2) is 73.7 Å². The normalized spacial score (nSPS) is 23.9. The van der Waals surface area contributed by atoms with Crippen molar-refractivity contribution in [2.75, 3.05) is 39.3 Å². The first-order chi connectivity index (χ1) is 19.9. The maximum atomic E-state index is 10.6. The summed E-state index contributed by atoms with van der Waals surface area (Å²) in [5.74, 6) is 2.03. The zero-order chi connectivity index (χ0) is 28.4. The standard InChI is InChI=1S/C34H48N6O/c1-4-40-33(19-31(36-40)18-27-10-6-5-7-11-27)28-12-16-38(17-13-28)22-30-23-39(24-32(30)29-20-35-37(3)21-29)25-34(26(2)41)14-8-9-15-34/h5-7,10-11,19-21,28,30,32,41H,2,4,8-9,12-18,22-25H2,1,3H3/t30-,32+/m0/s1. The highest BCUT2D eigenvalue weighted by Crippen LogP contribution is 2.45. The van der Waals surface area contributed by atoms with Gasteiger partial charge in [-0.05, 0) is 68.8 Å². The SMILES string of the molecule is C=C(O)C1(CN2C[C@H](CN3CCC(c4cc(Cc5ccccc5)nn4CC)CC3)[C@@H](c3cnn(C)c3)C2)CCCC1. The lowest BCUT2D eigenvalue weighted by Crippen LogP contribution is -2.39. The summed E-state index contributed by atoms with van der Waals surface area (Å²) < 4.78 is 4.19. The van der Waals surface area contributed by atoms with Gasteiger partial charge in [-0.2, -0.15) is 10.2 Å². The molecule has 0 amide bonds. The Kier molecular flexibility index (Phi) is 8.36. The van der Waals surface area contributed by atoms with Gasteiger partial charge in [0.2, 0.25) is 0 Å². The van der Waals surface area contributed by atoms with E-state index in [4.69, 9.17) is 5.10 Å². The molecule has 7 nitrogen and oxygen atoms in total. The molecule has 0 unspecified atom stereocenters. The molecule has 3 aliphatic rings. The third-order valence-electron chi connectivity index (χ3n) is 10.3. The largest absolute Gasteiger partial charge is 0.512 e. The minimum atomic E-state index is -0.117. The first-order valence-electron chi connectivity index (χ1n) is 15.8. The average Bonchev–Trinajstić information content (AvgIpc) is 3.78. The Morgan fingerprint density at radius 1 is 1.07 bits per heavy atom. The van der Waals surface area contributed by atoms with Crippen LogP contribution in [0.3, 0.4) is 0 Å². The average molecular weight is 557 g/mol. The van der Waals surface area contributed by atoms with E-state index in [0.29, 0.717) is 23.5 Å². The minimum absolute atomic E-state index is 0.117. The molecule has 1 aliphatic carbocycles. The number of hydrogen-bond donors (Lipinski definition) is 1. The zero-order valence-corrected chi connectivity index (χ0v) is 25.1. The topological polar surface area (TPSA) is 62.4 Å². The van der Waals surface area contributed by atoms with E-state index in [2.05, 4.69) is 81.9 Å². The Hall–Kier alpha value is -2.90. The molecule has 2 saturated heterocycles. The van der Waals surface area contributed by atoms with E-state index in [9.17, 15) is 5.11 Å². The molecule has 2 aromatic heterocycles. The Balaban J connectivity index is 1.10. The molecule has 3 fully saturated rings. The molecule has 0 radical (unpaired) electrons. The van der Waals surface area contributed by atoms with Gasteiger partial charge in [-0.1, -0.05) is 49.8 Å². The highest BCUT2D eigenvalue weighted by molar-refractivity contribution is 5.25. The van der Waals surface area contributed by atoms with Gasteiger partial charge in [0.1, 0.15) is 0 Å². The van der Waals surface area contributed by atoms with Gasteiger partial charge in [0, 0.05) is 75.3 Å². The van der Waals surface area contributed by atoms with Crippen molar-refractivity contribution in [1.82, 2.24) is 29.4 Å². The highest BCUT2D eigenvalue weighted by atomic mass is 16.3. The van der Waals surface area contributed by atoms with Gasteiger partial charge in [0.05, 0.1) is 17.6 Å². The van der Waals surface area contributed by atoms with E-state index < -0.39 is 0 Å². The highest BCUT2D eigenvalue weighted by Gasteiger charge is 2.43. The molecule has 2 aliphatic heterocycles. The third kappa shape index (κ3) is 6.17. The van der Waals surface area contributed by atoms with Gasteiger partial charge in [-0.3, -0.25) is 9.36 Å². The molecule has 1 saturated carbocycles. The molecule has 3 aromatic rings. The van der Waals surface area contributed by atoms with E-state index in [1.54, 1.807) is 0 Å². The maximum Gasteiger partial charge on any atom is 0.0925 e. The fraction of sp³-hybridized carbons (Fsp3) is 0.588. The van der Waals surface area contributed by atoms with Crippen molar-refractivity contribution in [2.45, 2.75) is 70.3 Å². The van der Waals surface area contributed by atoms with Crippen LogP contribution in [0.4, 0.5) is 0 Å². The van der Waals surface area contributed by atoms with Gasteiger partial charge in [-0.25, -0.2) is 0 Å². The van der Waals surface area contributed by atoms with Crippen LogP contribution in [0, 0.1) is 11.3 Å². The summed E-state index contributed by atoms with van der Waals surface area (Å²) >= 11 is 0. The second-order valence-electron chi connectivity index (χ2n) is 13.1. The number of nitrogens with zero attached hydrogens (tertiary/aromatic N) is 6. The molecule has 41 heavy (non-hydrogen) atoms. The monoisotopic (exact) mass is 556 g/mol. The molecular formula is C34H48N6O. The fourth-order valence-electron chi connectivity index (χ4n) is 8.00. The molecule has 4 heterocycles. The molecule has 0 bridgehead atoms. The number of hydrogen-bond acceptors (Lipinski definition) is 5. The predicted molar refractivity (Wildman–Crippen MR) is 164 cm³/mol. The lowest BCUT2D eigenvalue weighted by molar-refractivity contribution is 0.143. The Morgan fingerprint density at radius 3 is 2.49 bits per heavy atom. The number of piperidine rings is 1. The fourth-order valence-corrected chi connectivity index (χ4v) is 8.00. The number of likely N-dealkylation sites (tertiary alicyclic amines) is 2. The van der Waals surface area contributed by atoms with E-state index in [1.807, 2.05) is 11.7 Å². The van der Waals surface area contributed by atoms with Crippen LogP contribution in [0.15, 0.2) is 61.1 Å². The number of aromatic nitrogens is 4. The van der Waals surface area contributed by atoms with Crippen molar-refractivity contribution >= 4 is 0 Å². The summed E-state index contributed by atoms with van der Waals surface area (Å²) in [6, 6.07) is 13.1. The van der Waals surface area contributed by atoms with E-state index in [0.717, 1.165) is 65.1 Å². The van der Waals surface area contributed by atoms with E-state index >= 15 is 0 Å². The summed E-state index contributed by atoms with van der Waals surface area (Å²) in [4.78, 5) is 5.33. The van der Waals surface area contributed by atoms with Crippen LogP contribution in [0.5, 0.6) is 0 Å².